The molecule has 0 radical (unpaired) electrons. The summed E-state index contributed by atoms with van der Waals surface area (Å²) >= 11 is 0. The van der Waals surface area contributed by atoms with Gasteiger partial charge >= 0.3 is 7.48 Å². The maximum absolute atomic E-state index is 4.93. The van der Waals surface area contributed by atoms with Crippen LogP contribution in [-0.2, 0) is 16.7 Å². The van der Waals surface area contributed by atoms with Gasteiger partial charge in [0.2, 0.25) is 0 Å². The van der Waals surface area contributed by atoms with Crippen LogP contribution in [0.25, 0.3) is 10.9 Å². The molecule has 1 aliphatic heterocycles. The van der Waals surface area contributed by atoms with E-state index in [4.69, 9.17) is 9.69 Å². The van der Waals surface area contributed by atoms with Crippen molar-refractivity contribution in [2.75, 3.05) is 6.61 Å². The minimum atomic E-state index is 0.379. The van der Waals surface area contributed by atoms with Gasteiger partial charge in [-0.25, -0.2) is 0 Å². The summed E-state index contributed by atoms with van der Waals surface area (Å²) in [5.74, 6) is 0.379. The quantitative estimate of drug-likeness (QED) is 0.515. The Morgan fingerprint density at radius 3 is 3.13 bits per heavy atom. The third-order valence-corrected chi connectivity index (χ3v) is 3.01. The maximum atomic E-state index is 4.93. The monoisotopic (exact) mass is 201 g/mol. The molecule has 1 aromatic heterocycles. The molecule has 0 amide bonds. The van der Waals surface area contributed by atoms with Gasteiger partial charge in [-0.05, 0) is 23.1 Å². The molecule has 0 aliphatic carbocycles. The van der Waals surface area contributed by atoms with E-state index < -0.39 is 0 Å². The highest BCUT2D eigenvalue weighted by Gasteiger charge is 2.22. The van der Waals surface area contributed by atoms with Gasteiger partial charge in [0.05, 0.1) is 6.61 Å². The average molecular weight is 201 g/mol. The molecule has 1 unspecified atom stereocenters. The molecule has 15 heavy (non-hydrogen) atoms. The number of nitrogens with zero attached hydrogens (tertiary/aromatic N) is 1. The van der Waals surface area contributed by atoms with Crippen molar-refractivity contribution in [1.29, 1.82) is 0 Å². The summed E-state index contributed by atoms with van der Waals surface area (Å²) in [6.45, 7) is 0.663. The van der Waals surface area contributed by atoms with Gasteiger partial charge in [0.15, 0.2) is 0 Å². The van der Waals surface area contributed by atoms with Crippen molar-refractivity contribution in [3.8, 4) is 0 Å². The van der Waals surface area contributed by atoms with Gasteiger partial charge in [0.1, 0.15) is 0 Å². The molecule has 4 heteroatoms. The number of aromatic nitrogens is 1. The summed E-state index contributed by atoms with van der Waals surface area (Å²) in [4.78, 5) is 9.86. The van der Waals surface area contributed by atoms with Crippen molar-refractivity contribution in [2.45, 2.75) is 5.82 Å². The van der Waals surface area contributed by atoms with Crippen molar-refractivity contribution in [2.24, 2.45) is 7.05 Å². The third-order valence-electron chi connectivity index (χ3n) is 3.01. The van der Waals surface area contributed by atoms with Crippen LogP contribution in [0.2, 0.25) is 0 Å². The van der Waals surface area contributed by atoms with Gasteiger partial charge in [0, 0.05) is 24.6 Å². The molecule has 0 spiro atoms. The highest BCUT2D eigenvalue weighted by molar-refractivity contribution is 6.30. The Bertz CT molecular complexity index is 488. The fourth-order valence-electron chi connectivity index (χ4n) is 2.03. The lowest BCUT2D eigenvalue weighted by atomic mass is 9.76. The first kappa shape index (κ1) is 9.01. The standard InChI is InChI=1S/C11H12BNO2/c1-13-5-4-8-2-3-9(6-11(8)13)10-7-14-15-12-10/h2-6,10,12H,7H2,1H3. The van der Waals surface area contributed by atoms with Crippen molar-refractivity contribution in [1.82, 2.24) is 4.57 Å². The Morgan fingerprint density at radius 1 is 1.40 bits per heavy atom. The van der Waals surface area contributed by atoms with Crippen LogP contribution in [0.5, 0.6) is 0 Å². The lowest BCUT2D eigenvalue weighted by molar-refractivity contribution is -0.183. The van der Waals surface area contributed by atoms with Crippen LogP contribution in [0.15, 0.2) is 30.5 Å². The van der Waals surface area contributed by atoms with Gasteiger partial charge in [-0.3, -0.25) is 4.89 Å². The van der Waals surface area contributed by atoms with Gasteiger partial charge in [-0.2, -0.15) is 0 Å². The van der Waals surface area contributed by atoms with E-state index in [-0.39, 0.29) is 0 Å². The number of aryl methyl sites for hydroxylation is 1. The molecular formula is C11H12BNO2. The van der Waals surface area contributed by atoms with Crippen molar-refractivity contribution >= 4 is 18.4 Å². The largest absolute Gasteiger partial charge is 0.351 e. The van der Waals surface area contributed by atoms with E-state index in [1.807, 2.05) is 0 Å². The van der Waals surface area contributed by atoms with E-state index in [2.05, 4.69) is 42.1 Å². The fraction of sp³-hybridized carbons (Fsp3) is 0.273. The maximum Gasteiger partial charge on any atom is 0.333 e. The molecule has 1 aliphatic rings. The molecule has 2 aromatic rings. The van der Waals surface area contributed by atoms with E-state index in [0.29, 0.717) is 19.9 Å². The van der Waals surface area contributed by atoms with Crippen LogP contribution in [0.4, 0.5) is 0 Å². The van der Waals surface area contributed by atoms with Gasteiger partial charge in [-0.1, -0.05) is 12.1 Å². The molecule has 3 rings (SSSR count). The molecule has 0 bridgehead atoms. The van der Waals surface area contributed by atoms with Crippen LogP contribution >= 0.6 is 0 Å². The zero-order chi connectivity index (χ0) is 10.3. The number of rotatable bonds is 1. The summed E-state index contributed by atoms with van der Waals surface area (Å²) in [5.41, 5.74) is 2.56. The minimum absolute atomic E-state index is 0.379. The number of fused-ring (bicyclic) bond motifs is 1. The normalized spacial score (nSPS) is 20.7. The number of hydrogen-bond donors (Lipinski definition) is 0. The first-order chi connectivity index (χ1) is 7.34. The van der Waals surface area contributed by atoms with E-state index in [1.165, 1.54) is 16.5 Å². The van der Waals surface area contributed by atoms with E-state index in [0.717, 1.165) is 0 Å². The molecule has 0 N–H and O–H groups in total. The Kier molecular flexibility index (Phi) is 2.04. The lowest BCUT2D eigenvalue weighted by Crippen LogP contribution is -2.04. The zero-order valence-electron chi connectivity index (χ0n) is 8.64. The minimum Gasteiger partial charge on any atom is -0.351 e. The Labute approximate surface area is 88.8 Å². The summed E-state index contributed by atoms with van der Waals surface area (Å²) in [5, 5.41) is 1.28. The Balaban J connectivity index is 2.08. The lowest BCUT2D eigenvalue weighted by Gasteiger charge is -2.06. The predicted octanol–water partition coefficient (Wildman–Crippen LogP) is 1.53. The second kappa shape index (κ2) is 3.40. The fourth-order valence-corrected chi connectivity index (χ4v) is 2.03. The summed E-state index contributed by atoms with van der Waals surface area (Å²) < 4.78 is 2.13. The van der Waals surface area contributed by atoms with Crippen LogP contribution < -0.4 is 0 Å². The van der Waals surface area contributed by atoms with Gasteiger partial charge in [-0.15, -0.1) is 0 Å². The SMILES string of the molecule is Cn1ccc2ccc(C3BOOC3)cc21. The van der Waals surface area contributed by atoms with Crippen molar-refractivity contribution < 1.29 is 9.69 Å². The molecule has 3 nitrogen and oxygen atoms in total. The first-order valence-corrected chi connectivity index (χ1v) is 5.14. The van der Waals surface area contributed by atoms with E-state index >= 15 is 0 Å². The predicted molar refractivity (Wildman–Crippen MR) is 59.8 cm³/mol. The van der Waals surface area contributed by atoms with Crippen LogP contribution in [0.1, 0.15) is 11.4 Å². The van der Waals surface area contributed by atoms with Crippen LogP contribution in [0.3, 0.4) is 0 Å². The molecule has 2 heterocycles. The van der Waals surface area contributed by atoms with Gasteiger partial charge in [0.25, 0.3) is 0 Å². The second-order valence-corrected chi connectivity index (χ2v) is 4.01. The van der Waals surface area contributed by atoms with Crippen LogP contribution in [-0.4, -0.2) is 18.7 Å². The molecule has 1 aromatic carbocycles. The molecule has 1 atom stereocenters. The number of hydrogen-bond acceptors (Lipinski definition) is 2. The highest BCUT2D eigenvalue weighted by Crippen LogP contribution is 2.24. The third kappa shape index (κ3) is 1.46. The number of benzene rings is 1. The molecule has 1 saturated heterocycles. The molecular weight excluding hydrogens is 189 g/mol. The average Bonchev–Trinajstić information content (AvgIpc) is 2.88. The summed E-state index contributed by atoms with van der Waals surface area (Å²) in [7, 11) is 2.73. The Morgan fingerprint density at radius 2 is 2.33 bits per heavy atom. The highest BCUT2D eigenvalue weighted by atomic mass is 17.2. The van der Waals surface area contributed by atoms with Crippen molar-refractivity contribution in [3.05, 3.63) is 36.0 Å². The first-order valence-electron chi connectivity index (χ1n) is 5.14. The Hall–Kier alpha value is -1.26. The van der Waals surface area contributed by atoms with E-state index in [9.17, 15) is 0 Å². The summed E-state index contributed by atoms with van der Waals surface area (Å²) in [6, 6.07) is 8.66. The smallest absolute Gasteiger partial charge is 0.333 e. The molecule has 76 valence electrons. The van der Waals surface area contributed by atoms with Gasteiger partial charge < -0.3 is 9.37 Å². The molecule has 0 saturated carbocycles. The zero-order valence-corrected chi connectivity index (χ0v) is 8.64. The summed E-state index contributed by atoms with van der Waals surface area (Å²) in [6.07, 6.45) is 2.08. The van der Waals surface area contributed by atoms with E-state index in [1.54, 1.807) is 0 Å². The topological polar surface area (TPSA) is 23.4 Å². The molecule has 1 fully saturated rings. The second-order valence-electron chi connectivity index (χ2n) is 4.01. The van der Waals surface area contributed by atoms with Crippen molar-refractivity contribution in [3.63, 3.8) is 0 Å². The van der Waals surface area contributed by atoms with Crippen LogP contribution in [0, 0.1) is 0 Å².